The summed E-state index contributed by atoms with van der Waals surface area (Å²) in [5.41, 5.74) is 16.4. The van der Waals surface area contributed by atoms with Gasteiger partial charge in [-0.3, -0.25) is 14.5 Å². The van der Waals surface area contributed by atoms with Crippen molar-refractivity contribution in [2.75, 3.05) is 0 Å². The van der Waals surface area contributed by atoms with Gasteiger partial charge in [-0.2, -0.15) is 0 Å². The fourth-order valence-electron chi connectivity index (χ4n) is 10.8. The normalized spacial score (nSPS) is 18.8. The van der Waals surface area contributed by atoms with Crippen molar-refractivity contribution in [1.29, 1.82) is 0 Å². The first-order valence-electron chi connectivity index (χ1n) is 19.7. The van der Waals surface area contributed by atoms with E-state index in [1.54, 1.807) is 0 Å². The Hall–Kier alpha value is -7.37. The van der Waals surface area contributed by atoms with Crippen LogP contribution in [0.1, 0.15) is 28.3 Å². The number of hydrogen-bond donors (Lipinski definition) is 0. The van der Waals surface area contributed by atoms with Gasteiger partial charge in [-0.05, 0) is 82.4 Å². The molecule has 5 aromatic carbocycles. The molecule has 5 nitrogen and oxygen atoms in total. The summed E-state index contributed by atoms with van der Waals surface area (Å²) in [7, 11) is 0. The lowest BCUT2D eigenvalue weighted by atomic mass is 9.67. The van der Waals surface area contributed by atoms with Crippen LogP contribution in [0, 0.1) is 5.92 Å². The Morgan fingerprint density at radius 3 is 2.11 bits per heavy atom. The lowest BCUT2D eigenvalue weighted by molar-refractivity contribution is 0.456. The van der Waals surface area contributed by atoms with E-state index in [0.29, 0.717) is 5.92 Å². The van der Waals surface area contributed by atoms with Crippen molar-refractivity contribution in [3.05, 3.63) is 211 Å². The molecular weight excluding hydrogens is 695 g/mol. The summed E-state index contributed by atoms with van der Waals surface area (Å²) in [6.45, 7) is 0. The molecule has 266 valence electrons. The summed E-state index contributed by atoms with van der Waals surface area (Å²) in [4.78, 5) is 14.4. The fraction of sp³-hybridized carbons (Fsp3) is 0.0577. The molecule has 0 bridgehead atoms. The van der Waals surface area contributed by atoms with E-state index in [0.717, 1.165) is 44.6 Å². The van der Waals surface area contributed by atoms with Crippen molar-refractivity contribution in [2.45, 2.75) is 11.3 Å². The Bertz CT molecular complexity index is 3310. The van der Waals surface area contributed by atoms with Crippen molar-refractivity contribution in [2.24, 2.45) is 5.92 Å². The first-order valence-corrected chi connectivity index (χ1v) is 19.7. The summed E-state index contributed by atoms with van der Waals surface area (Å²) in [6.07, 6.45) is 16.9. The maximum absolute atomic E-state index is 5.28. The third-order valence-corrected chi connectivity index (χ3v) is 13.0. The molecule has 3 atom stereocenters. The Balaban J connectivity index is 0.981. The van der Waals surface area contributed by atoms with Crippen molar-refractivity contribution in [3.8, 4) is 33.6 Å². The van der Waals surface area contributed by atoms with Gasteiger partial charge in [0.2, 0.25) is 0 Å². The maximum Gasteiger partial charge on any atom is 0.145 e. The van der Waals surface area contributed by atoms with Crippen LogP contribution in [0.15, 0.2) is 189 Å². The Kier molecular flexibility index (Phi) is 6.15. The first-order chi connectivity index (χ1) is 28.3. The molecule has 10 aromatic rings. The fourth-order valence-corrected chi connectivity index (χ4v) is 10.8. The topological polar surface area (TPSA) is 48.5 Å². The van der Waals surface area contributed by atoms with Crippen LogP contribution in [0.5, 0.6) is 0 Å². The van der Waals surface area contributed by atoms with E-state index < -0.39 is 0 Å². The Morgan fingerprint density at radius 1 is 0.509 bits per heavy atom. The van der Waals surface area contributed by atoms with E-state index in [9.17, 15) is 0 Å². The van der Waals surface area contributed by atoms with Crippen molar-refractivity contribution < 1.29 is 0 Å². The summed E-state index contributed by atoms with van der Waals surface area (Å²) in [5, 5.41) is 4.72. The minimum atomic E-state index is -0.383. The number of benzene rings is 5. The first kappa shape index (κ1) is 30.9. The predicted molar refractivity (Wildman–Crippen MR) is 230 cm³/mol. The highest BCUT2D eigenvalue weighted by atomic mass is 15.0. The molecule has 1 spiro atoms. The van der Waals surface area contributed by atoms with Gasteiger partial charge in [0.15, 0.2) is 0 Å². The molecule has 57 heavy (non-hydrogen) atoms. The van der Waals surface area contributed by atoms with Gasteiger partial charge < -0.3 is 4.57 Å². The summed E-state index contributed by atoms with van der Waals surface area (Å²) in [6, 6.07) is 51.2. The third-order valence-electron chi connectivity index (χ3n) is 13.0. The summed E-state index contributed by atoms with van der Waals surface area (Å²) in [5.74, 6) is 0.532. The van der Waals surface area contributed by atoms with Crippen LogP contribution < -0.4 is 0 Å². The molecule has 3 unspecified atom stereocenters. The van der Waals surface area contributed by atoms with E-state index >= 15 is 0 Å². The number of fused-ring (bicyclic) bond motifs is 17. The van der Waals surface area contributed by atoms with Crippen LogP contribution in [-0.4, -0.2) is 24.1 Å². The Labute approximate surface area is 328 Å². The van der Waals surface area contributed by atoms with E-state index in [-0.39, 0.29) is 11.3 Å². The molecule has 3 aliphatic rings. The minimum absolute atomic E-state index is 0.235. The second kappa shape index (κ2) is 11.3. The van der Waals surface area contributed by atoms with Crippen LogP contribution >= 0.6 is 0 Å². The SMILES string of the molecule is C1=CC2c3ccccc3C3(c4ccc5c6ccccc6n(-c6ccc(-c7ccc(-n8c9ccncc9c9cccnc98)cc7)cc6)c5c4-c4cccnc43)C2C=C1. The van der Waals surface area contributed by atoms with Gasteiger partial charge in [0.1, 0.15) is 5.65 Å². The van der Waals surface area contributed by atoms with Crippen molar-refractivity contribution >= 4 is 43.7 Å². The van der Waals surface area contributed by atoms with E-state index in [1.165, 1.54) is 55.2 Å². The van der Waals surface area contributed by atoms with Gasteiger partial charge in [0.25, 0.3) is 0 Å². The third kappa shape index (κ3) is 3.95. The number of allylic oxidation sites excluding steroid dienone is 4. The molecule has 3 aliphatic carbocycles. The van der Waals surface area contributed by atoms with Crippen LogP contribution in [0.2, 0.25) is 0 Å². The number of nitrogens with zero attached hydrogens (tertiary/aromatic N) is 5. The zero-order chi connectivity index (χ0) is 37.2. The highest BCUT2D eigenvalue weighted by molar-refractivity contribution is 6.16. The van der Waals surface area contributed by atoms with Gasteiger partial charge in [-0.15, -0.1) is 0 Å². The second-order valence-corrected chi connectivity index (χ2v) is 15.5. The highest BCUT2D eigenvalue weighted by Gasteiger charge is 2.58. The zero-order valence-corrected chi connectivity index (χ0v) is 30.8. The number of para-hydroxylation sites is 1. The van der Waals surface area contributed by atoms with Gasteiger partial charge in [0, 0.05) is 80.7 Å². The van der Waals surface area contributed by atoms with Crippen LogP contribution in [0.3, 0.4) is 0 Å². The second-order valence-electron chi connectivity index (χ2n) is 15.5. The number of rotatable bonds is 3. The van der Waals surface area contributed by atoms with Gasteiger partial charge in [-0.1, -0.05) is 109 Å². The van der Waals surface area contributed by atoms with E-state index in [2.05, 4.69) is 172 Å². The molecule has 0 saturated heterocycles. The number of hydrogen-bond acceptors (Lipinski definition) is 3. The maximum atomic E-state index is 5.28. The zero-order valence-electron chi connectivity index (χ0n) is 30.8. The minimum Gasteiger partial charge on any atom is -0.309 e. The molecular formula is C52H33N5. The van der Waals surface area contributed by atoms with E-state index in [1.807, 2.05) is 30.9 Å². The molecule has 0 radical (unpaired) electrons. The monoisotopic (exact) mass is 727 g/mol. The lowest BCUT2D eigenvalue weighted by Gasteiger charge is -2.35. The molecule has 0 amide bonds. The molecule has 13 rings (SSSR count). The Morgan fingerprint density at radius 2 is 1.23 bits per heavy atom. The number of pyridine rings is 3. The van der Waals surface area contributed by atoms with Crippen LogP contribution in [0.4, 0.5) is 0 Å². The average molecular weight is 728 g/mol. The number of aromatic nitrogens is 5. The van der Waals surface area contributed by atoms with Gasteiger partial charge in [-0.25, -0.2) is 4.98 Å². The average Bonchev–Trinajstić information content (AvgIpc) is 3.99. The molecule has 5 aromatic heterocycles. The molecule has 5 heterocycles. The predicted octanol–water partition coefficient (Wildman–Crippen LogP) is 11.9. The molecule has 0 saturated carbocycles. The molecule has 0 N–H and O–H groups in total. The van der Waals surface area contributed by atoms with Gasteiger partial charge >= 0.3 is 0 Å². The van der Waals surface area contributed by atoms with E-state index in [4.69, 9.17) is 9.97 Å². The smallest absolute Gasteiger partial charge is 0.145 e. The summed E-state index contributed by atoms with van der Waals surface area (Å²) >= 11 is 0. The largest absolute Gasteiger partial charge is 0.309 e. The molecule has 5 heteroatoms. The van der Waals surface area contributed by atoms with Gasteiger partial charge in [0.05, 0.1) is 27.7 Å². The molecule has 0 fully saturated rings. The van der Waals surface area contributed by atoms with Crippen LogP contribution in [-0.2, 0) is 5.41 Å². The standard InChI is InChI=1S/C52H33N5/c1-4-14-43-36(9-1)37-10-2-5-15-44(37)52(43)45-26-25-39-38-11-3-6-16-46(38)56(49(39)48(45)41-13-8-28-54-50(41)52)34-21-17-32(18-22-34)33-19-23-35(24-20-33)57-47-27-30-53-31-42(47)40-12-7-29-55-51(40)57/h1-31,36,43H. The van der Waals surface area contributed by atoms with Crippen molar-refractivity contribution in [3.63, 3.8) is 0 Å². The van der Waals surface area contributed by atoms with Crippen molar-refractivity contribution in [1.82, 2.24) is 24.1 Å². The van der Waals surface area contributed by atoms with Crippen LogP contribution in [0.25, 0.3) is 77.4 Å². The quantitative estimate of drug-likeness (QED) is 0.182. The highest BCUT2D eigenvalue weighted by Crippen LogP contribution is 2.65. The molecule has 0 aliphatic heterocycles. The lowest BCUT2D eigenvalue weighted by Crippen LogP contribution is -2.33. The summed E-state index contributed by atoms with van der Waals surface area (Å²) < 4.78 is 4.72.